The van der Waals surface area contributed by atoms with Crippen LogP contribution < -0.4 is 0 Å². The molecular formula is C10H11NO3. The smallest absolute Gasteiger partial charge is 0.270 e. The van der Waals surface area contributed by atoms with E-state index in [4.69, 9.17) is 0 Å². The van der Waals surface area contributed by atoms with Gasteiger partial charge < -0.3 is 0 Å². The van der Waals surface area contributed by atoms with Crippen molar-refractivity contribution in [2.45, 2.75) is 19.8 Å². The first-order valence-electron chi connectivity index (χ1n) is 4.29. The van der Waals surface area contributed by atoms with Gasteiger partial charge in [0, 0.05) is 17.7 Å². The summed E-state index contributed by atoms with van der Waals surface area (Å²) >= 11 is 0. The summed E-state index contributed by atoms with van der Waals surface area (Å²) < 4.78 is 0. The van der Waals surface area contributed by atoms with Gasteiger partial charge in [0.15, 0.2) is 6.29 Å². The van der Waals surface area contributed by atoms with E-state index in [9.17, 15) is 14.9 Å². The lowest BCUT2D eigenvalue weighted by Gasteiger charge is -2.07. The summed E-state index contributed by atoms with van der Waals surface area (Å²) in [6.07, 6.45) is 0.655. The SMILES string of the molecule is CC(C)c1ccc([N+](=O)[O-])cc1C=O. The molecule has 1 aromatic carbocycles. The average Bonchev–Trinajstić information content (AvgIpc) is 2.16. The fraction of sp³-hybridized carbons (Fsp3) is 0.300. The zero-order valence-corrected chi connectivity index (χ0v) is 8.06. The minimum atomic E-state index is -0.503. The molecule has 0 aliphatic carbocycles. The number of nitrogens with zero attached hydrogens (tertiary/aromatic N) is 1. The van der Waals surface area contributed by atoms with Crippen LogP contribution in [-0.2, 0) is 0 Å². The maximum absolute atomic E-state index is 10.7. The molecular weight excluding hydrogens is 182 g/mol. The Hall–Kier alpha value is -1.71. The maximum Gasteiger partial charge on any atom is 0.270 e. The molecule has 0 amide bonds. The van der Waals surface area contributed by atoms with Gasteiger partial charge >= 0.3 is 0 Å². The summed E-state index contributed by atoms with van der Waals surface area (Å²) in [7, 11) is 0. The number of hydrogen-bond donors (Lipinski definition) is 0. The van der Waals surface area contributed by atoms with Crippen molar-refractivity contribution in [3.63, 3.8) is 0 Å². The largest absolute Gasteiger partial charge is 0.298 e. The highest BCUT2D eigenvalue weighted by molar-refractivity contribution is 5.79. The Kier molecular flexibility index (Phi) is 2.96. The van der Waals surface area contributed by atoms with Gasteiger partial charge in [-0.2, -0.15) is 0 Å². The molecule has 0 unspecified atom stereocenters. The summed E-state index contributed by atoms with van der Waals surface area (Å²) in [4.78, 5) is 20.6. The molecule has 0 saturated carbocycles. The second-order valence-electron chi connectivity index (χ2n) is 3.34. The Morgan fingerprint density at radius 3 is 2.50 bits per heavy atom. The molecule has 0 spiro atoms. The van der Waals surface area contributed by atoms with Crippen LogP contribution in [0.25, 0.3) is 0 Å². The van der Waals surface area contributed by atoms with Crippen molar-refractivity contribution in [2.24, 2.45) is 0 Å². The molecule has 0 aromatic heterocycles. The van der Waals surface area contributed by atoms with E-state index in [2.05, 4.69) is 0 Å². The van der Waals surface area contributed by atoms with Gasteiger partial charge in [-0.3, -0.25) is 14.9 Å². The summed E-state index contributed by atoms with van der Waals surface area (Å²) in [6, 6.07) is 4.36. The molecule has 0 aliphatic rings. The molecule has 0 saturated heterocycles. The van der Waals surface area contributed by atoms with E-state index in [0.29, 0.717) is 11.8 Å². The maximum atomic E-state index is 10.7. The molecule has 0 fully saturated rings. The molecule has 0 aliphatic heterocycles. The predicted molar refractivity (Wildman–Crippen MR) is 52.6 cm³/mol. The quantitative estimate of drug-likeness (QED) is 0.421. The Morgan fingerprint density at radius 1 is 1.43 bits per heavy atom. The van der Waals surface area contributed by atoms with Gasteiger partial charge in [0.2, 0.25) is 0 Å². The van der Waals surface area contributed by atoms with E-state index >= 15 is 0 Å². The second kappa shape index (κ2) is 4.00. The summed E-state index contributed by atoms with van der Waals surface area (Å²) in [5.74, 6) is 0.191. The van der Waals surface area contributed by atoms with Crippen molar-refractivity contribution < 1.29 is 9.72 Å². The Bertz CT molecular complexity index is 372. The fourth-order valence-corrected chi connectivity index (χ4v) is 1.30. The second-order valence-corrected chi connectivity index (χ2v) is 3.34. The standard InChI is InChI=1S/C10H11NO3/c1-7(2)10-4-3-9(11(13)14)5-8(10)6-12/h3-7H,1-2H3. The summed E-state index contributed by atoms with van der Waals surface area (Å²) in [5, 5.41) is 10.4. The highest BCUT2D eigenvalue weighted by Gasteiger charge is 2.11. The number of hydrogen-bond acceptors (Lipinski definition) is 3. The van der Waals surface area contributed by atoms with Gasteiger partial charge in [0.1, 0.15) is 0 Å². The van der Waals surface area contributed by atoms with Crippen molar-refractivity contribution in [3.8, 4) is 0 Å². The molecule has 74 valence electrons. The molecule has 0 heterocycles. The topological polar surface area (TPSA) is 60.2 Å². The zero-order valence-electron chi connectivity index (χ0n) is 8.06. The van der Waals surface area contributed by atoms with E-state index < -0.39 is 4.92 Å². The van der Waals surface area contributed by atoms with Gasteiger partial charge in [0.25, 0.3) is 5.69 Å². The van der Waals surface area contributed by atoms with Crippen molar-refractivity contribution in [1.29, 1.82) is 0 Å². The van der Waals surface area contributed by atoms with Gasteiger partial charge in [-0.15, -0.1) is 0 Å². The van der Waals surface area contributed by atoms with Crippen LogP contribution >= 0.6 is 0 Å². The minimum Gasteiger partial charge on any atom is -0.298 e. The van der Waals surface area contributed by atoms with Crippen LogP contribution in [0.5, 0.6) is 0 Å². The number of benzene rings is 1. The number of nitro benzene ring substituents is 1. The molecule has 1 rings (SSSR count). The lowest BCUT2D eigenvalue weighted by Crippen LogP contribution is -1.97. The molecule has 0 atom stereocenters. The van der Waals surface area contributed by atoms with Crippen molar-refractivity contribution in [2.75, 3.05) is 0 Å². The van der Waals surface area contributed by atoms with Gasteiger partial charge in [-0.1, -0.05) is 19.9 Å². The molecule has 1 aromatic rings. The average molecular weight is 193 g/mol. The third kappa shape index (κ3) is 1.96. The molecule has 4 heteroatoms. The van der Waals surface area contributed by atoms with Crippen LogP contribution in [0.3, 0.4) is 0 Å². The van der Waals surface area contributed by atoms with Crippen molar-refractivity contribution in [1.82, 2.24) is 0 Å². The summed E-state index contributed by atoms with van der Waals surface area (Å²) in [5.41, 5.74) is 1.19. The van der Waals surface area contributed by atoms with Crippen molar-refractivity contribution >= 4 is 12.0 Å². The first-order chi connectivity index (χ1) is 6.56. The van der Waals surface area contributed by atoms with Crippen LogP contribution in [0.15, 0.2) is 18.2 Å². The van der Waals surface area contributed by atoms with E-state index in [1.54, 1.807) is 6.07 Å². The Labute approximate surface area is 81.7 Å². The number of rotatable bonds is 3. The summed E-state index contributed by atoms with van der Waals surface area (Å²) in [6.45, 7) is 3.88. The molecule has 0 N–H and O–H groups in total. The van der Waals surface area contributed by atoms with Gasteiger partial charge in [0.05, 0.1) is 4.92 Å². The molecule has 0 radical (unpaired) electrons. The van der Waals surface area contributed by atoms with Gasteiger partial charge in [-0.05, 0) is 11.5 Å². The molecule has 0 bridgehead atoms. The zero-order chi connectivity index (χ0) is 10.7. The number of nitro groups is 1. The van der Waals surface area contributed by atoms with Crippen LogP contribution in [0.2, 0.25) is 0 Å². The fourth-order valence-electron chi connectivity index (χ4n) is 1.30. The number of non-ortho nitro benzene ring substituents is 1. The lowest BCUT2D eigenvalue weighted by atomic mass is 9.97. The van der Waals surface area contributed by atoms with E-state index in [-0.39, 0.29) is 11.6 Å². The predicted octanol–water partition coefficient (Wildman–Crippen LogP) is 2.53. The van der Waals surface area contributed by atoms with Crippen LogP contribution in [0.4, 0.5) is 5.69 Å². The first-order valence-corrected chi connectivity index (χ1v) is 4.29. The molecule has 4 nitrogen and oxygen atoms in total. The number of carbonyl (C=O) groups is 1. The normalized spacial score (nSPS) is 10.2. The minimum absolute atomic E-state index is 0.0449. The first kappa shape index (κ1) is 10.4. The third-order valence-electron chi connectivity index (χ3n) is 2.03. The van der Waals surface area contributed by atoms with Gasteiger partial charge in [-0.25, -0.2) is 0 Å². The Balaban J connectivity index is 3.25. The van der Waals surface area contributed by atoms with E-state index in [1.807, 2.05) is 13.8 Å². The number of aldehydes is 1. The molecule has 14 heavy (non-hydrogen) atoms. The third-order valence-corrected chi connectivity index (χ3v) is 2.03. The highest BCUT2D eigenvalue weighted by atomic mass is 16.6. The highest BCUT2D eigenvalue weighted by Crippen LogP contribution is 2.22. The van der Waals surface area contributed by atoms with E-state index in [1.165, 1.54) is 12.1 Å². The monoisotopic (exact) mass is 193 g/mol. The van der Waals surface area contributed by atoms with Crippen LogP contribution in [-0.4, -0.2) is 11.2 Å². The van der Waals surface area contributed by atoms with Crippen LogP contribution in [0.1, 0.15) is 35.7 Å². The number of carbonyl (C=O) groups excluding carboxylic acids is 1. The van der Waals surface area contributed by atoms with Crippen LogP contribution in [0, 0.1) is 10.1 Å². The van der Waals surface area contributed by atoms with Crippen molar-refractivity contribution in [3.05, 3.63) is 39.4 Å². The Morgan fingerprint density at radius 2 is 2.07 bits per heavy atom. The lowest BCUT2D eigenvalue weighted by molar-refractivity contribution is -0.384. The van der Waals surface area contributed by atoms with E-state index in [0.717, 1.165) is 5.56 Å².